The van der Waals surface area contributed by atoms with Gasteiger partial charge in [0.1, 0.15) is 0 Å². The van der Waals surface area contributed by atoms with Crippen molar-refractivity contribution in [2.24, 2.45) is 0 Å². The molecule has 1 atom stereocenters. The van der Waals surface area contributed by atoms with Crippen molar-refractivity contribution in [2.45, 2.75) is 12.5 Å². The van der Waals surface area contributed by atoms with Crippen LogP contribution >= 0.6 is 24.8 Å². The topological polar surface area (TPSA) is 36.4 Å². The highest BCUT2D eigenvalue weighted by atomic mass is 35.5. The summed E-state index contributed by atoms with van der Waals surface area (Å²) in [5, 5.41) is 9.57. The number of hydrogen-bond acceptors (Lipinski definition) is 3. The highest BCUT2D eigenvalue weighted by Gasteiger charge is 2.19. The fourth-order valence-electron chi connectivity index (χ4n) is 2.44. The standard InChI is InChI=1S/C17H18N2O.2ClH/c20-17-9-12-19(13-17)16-5-3-14(4-6-16)1-2-15-7-10-18-11-8-15;;/h1-8,10-11,17,20H,9,12-13H2;2*1H. The molecule has 1 unspecified atom stereocenters. The van der Waals surface area contributed by atoms with Crippen LogP contribution in [0.25, 0.3) is 12.2 Å². The van der Waals surface area contributed by atoms with Gasteiger partial charge in [0.05, 0.1) is 6.10 Å². The second kappa shape index (κ2) is 8.79. The van der Waals surface area contributed by atoms with Crippen molar-refractivity contribution >= 4 is 42.7 Å². The van der Waals surface area contributed by atoms with Gasteiger partial charge in [-0.3, -0.25) is 4.98 Å². The zero-order valence-corrected chi connectivity index (χ0v) is 13.8. The zero-order valence-electron chi connectivity index (χ0n) is 12.1. The highest BCUT2D eigenvalue weighted by molar-refractivity contribution is 5.85. The fraction of sp³-hybridized carbons (Fsp3) is 0.235. The van der Waals surface area contributed by atoms with E-state index in [1.807, 2.05) is 12.1 Å². The summed E-state index contributed by atoms with van der Waals surface area (Å²) >= 11 is 0. The fourth-order valence-corrected chi connectivity index (χ4v) is 2.44. The molecule has 1 aromatic carbocycles. The molecule has 1 aliphatic rings. The number of benzene rings is 1. The second-order valence-corrected chi connectivity index (χ2v) is 5.09. The molecular formula is C17H20Cl2N2O. The summed E-state index contributed by atoms with van der Waals surface area (Å²) in [6, 6.07) is 12.4. The maximum absolute atomic E-state index is 9.57. The van der Waals surface area contributed by atoms with E-state index in [2.05, 4.69) is 46.3 Å². The van der Waals surface area contributed by atoms with E-state index in [1.165, 1.54) is 11.3 Å². The molecule has 0 radical (unpaired) electrons. The van der Waals surface area contributed by atoms with Crippen molar-refractivity contribution < 1.29 is 5.11 Å². The predicted octanol–water partition coefficient (Wildman–Crippen LogP) is 3.67. The molecule has 1 fully saturated rings. The first kappa shape index (κ1) is 18.5. The van der Waals surface area contributed by atoms with Crippen molar-refractivity contribution in [3.05, 3.63) is 59.9 Å². The Labute approximate surface area is 143 Å². The minimum absolute atomic E-state index is 0. The molecular weight excluding hydrogens is 319 g/mol. The molecule has 2 heterocycles. The van der Waals surface area contributed by atoms with E-state index in [4.69, 9.17) is 0 Å². The molecule has 22 heavy (non-hydrogen) atoms. The van der Waals surface area contributed by atoms with Crippen LogP contribution in [-0.4, -0.2) is 29.3 Å². The summed E-state index contributed by atoms with van der Waals surface area (Å²) in [4.78, 5) is 6.23. The predicted molar refractivity (Wildman–Crippen MR) is 96.9 cm³/mol. The molecule has 118 valence electrons. The van der Waals surface area contributed by atoms with Crippen molar-refractivity contribution in [1.82, 2.24) is 4.98 Å². The quantitative estimate of drug-likeness (QED) is 0.927. The smallest absolute Gasteiger partial charge is 0.0731 e. The molecule has 1 N–H and O–H groups in total. The maximum atomic E-state index is 9.57. The highest BCUT2D eigenvalue weighted by Crippen LogP contribution is 2.21. The van der Waals surface area contributed by atoms with Gasteiger partial charge in [0.25, 0.3) is 0 Å². The van der Waals surface area contributed by atoms with Crippen LogP contribution < -0.4 is 4.90 Å². The Kier molecular flexibility index (Phi) is 7.39. The lowest BCUT2D eigenvalue weighted by Crippen LogP contribution is -2.20. The number of aliphatic hydroxyl groups is 1. The summed E-state index contributed by atoms with van der Waals surface area (Å²) in [7, 11) is 0. The molecule has 2 aromatic rings. The minimum Gasteiger partial charge on any atom is -0.391 e. The number of hydrogen-bond donors (Lipinski definition) is 1. The monoisotopic (exact) mass is 338 g/mol. The van der Waals surface area contributed by atoms with Crippen LogP contribution in [0.4, 0.5) is 5.69 Å². The van der Waals surface area contributed by atoms with Crippen LogP contribution in [0.3, 0.4) is 0 Å². The average Bonchev–Trinajstić information content (AvgIpc) is 2.93. The van der Waals surface area contributed by atoms with Gasteiger partial charge in [-0.2, -0.15) is 0 Å². The van der Waals surface area contributed by atoms with Crippen molar-refractivity contribution in [3.8, 4) is 0 Å². The molecule has 0 bridgehead atoms. The molecule has 0 spiro atoms. The van der Waals surface area contributed by atoms with Gasteiger partial charge in [-0.1, -0.05) is 24.3 Å². The van der Waals surface area contributed by atoms with Crippen molar-refractivity contribution in [1.29, 1.82) is 0 Å². The molecule has 3 rings (SSSR count). The van der Waals surface area contributed by atoms with Gasteiger partial charge < -0.3 is 10.0 Å². The minimum atomic E-state index is -0.179. The number of anilines is 1. The summed E-state index contributed by atoms with van der Waals surface area (Å²) in [6.45, 7) is 1.68. The third-order valence-corrected chi connectivity index (χ3v) is 3.60. The number of nitrogens with zero attached hydrogens (tertiary/aromatic N) is 2. The molecule has 1 aromatic heterocycles. The third kappa shape index (κ3) is 4.73. The normalized spacial score (nSPS) is 17.1. The third-order valence-electron chi connectivity index (χ3n) is 3.60. The lowest BCUT2D eigenvalue weighted by Gasteiger charge is -2.17. The van der Waals surface area contributed by atoms with Crippen LogP contribution in [0, 0.1) is 0 Å². The van der Waals surface area contributed by atoms with Gasteiger partial charge in [0, 0.05) is 31.2 Å². The summed E-state index contributed by atoms with van der Waals surface area (Å²) in [5.74, 6) is 0. The second-order valence-electron chi connectivity index (χ2n) is 5.09. The number of rotatable bonds is 3. The van der Waals surface area contributed by atoms with Crippen LogP contribution in [0.15, 0.2) is 48.8 Å². The van der Waals surface area contributed by atoms with Gasteiger partial charge in [0.15, 0.2) is 0 Å². The first-order valence-electron chi connectivity index (χ1n) is 6.92. The molecule has 1 saturated heterocycles. The Morgan fingerprint density at radius 3 is 2.09 bits per heavy atom. The Hall–Kier alpha value is -1.55. The average molecular weight is 339 g/mol. The van der Waals surface area contributed by atoms with E-state index in [0.717, 1.165) is 25.1 Å². The Morgan fingerprint density at radius 2 is 1.55 bits per heavy atom. The number of aromatic nitrogens is 1. The molecule has 3 nitrogen and oxygen atoms in total. The van der Waals surface area contributed by atoms with E-state index in [-0.39, 0.29) is 30.9 Å². The molecule has 0 saturated carbocycles. The van der Waals surface area contributed by atoms with Crippen LogP contribution in [0.5, 0.6) is 0 Å². The summed E-state index contributed by atoms with van der Waals surface area (Å²) < 4.78 is 0. The number of pyridine rings is 1. The number of β-amino-alcohol motifs (C(OH)–C–C–N with tert-alkyl or cyclic N) is 1. The van der Waals surface area contributed by atoms with Crippen LogP contribution in [0.1, 0.15) is 17.5 Å². The van der Waals surface area contributed by atoms with Gasteiger partial charge in [-0.25, -0.2) is 0 Å². The Morgan fingerprint density at radius 1 is 0.955 bits per heavy atom. The van der Waals surface area contributed by atoms with E-state index in [1.54, 1.807) is 12.4 Å². The lowest BCUT2D eigenvalue weighted by molar-refractivity contribution is 0.198. The first-order valence-corrected chi connectivity index (χ1v) is 6.92. The van der Waals surface area contributed by atoms with Gasteiger partial charge in [-0.05, 0) is 41.8 Å². The maximum Gasteiger partial charge on any atom is 0.0731 e. The first-order chi connectivity index (χ1) is 9.81. The number of halogens is 2. The van der Waals surface area contributed by atoms with Gasteiger partial charge in [0.2, 0.25) is 0 Å². The molecule has 5 heteroatoms. The van der Waals surface area contributed by atoms with Crippen molar-refractivity contribution in [2.75, 3.05) is 18.0 Å². The lowest BCUT2D eigenvalue weighted by atomic mass is 10.1. The van der Waals surface area contributed by atoms with Crippen LogP contribution in [-0.2, 0) is 0 Å². The van der Waals surface area contributed by atoms with Gasteiger partial charge >= 0.3 is 0 Å². The molecule has 1 aliphatic heterocycles. The Bertz CT molecular complexity index is 587. The van der Waals surface area contributed by atoms with E-state index in [0.29, 0.717) is 0 Å². The van der Waals surface area contributed by atoms with Gasteiger partial charge in [-0.15, -0.1) is 24.8 Å². The van der Waals surface area contributed by atoms with Crippen molar-refractivity contribution in [3.63, 3.8) is 0 Å². The van der Waals surface area contributed by atoms with Crippen LogP contribution in [0.2, 0.25) is 0 Å². The zero-order chi connectivity index (χ0) is 13.8. The van der Waals surface area contributed by atoms with E-state index >= 15 is 0 Å². The summed E-state index contributed by atoms with van der Waals surface area (Å²) in [5.41, 5.74) is 3.50. The largest absolute Gasteiger partial charge is 0.391 e. The van der Waals surface area contributed by atoms with E-state index in [9.17, 15) is 5.11 Å². The SMILES string of the molecule is Cl.Cl.OC1CCN(c2ccc(C=Cc3ccncc3)cc2)C1. The molecule has 0 aliphatic carbocycles. The van der Waals surface area contributed by atoms with E-state index < -0.39 is 0 Å². The summed E-state index contributed by atoms with van der Waals surface area (Å²) in [6.07, 6.45) is 8.45. The Balaban J connectivity index is 0.00000121. The molecule has 0 amide bonds. The number of aliphatic hydroxyl groups excluding tert-OH is 1.